The molecule has 0 saturated carbocycles. The Bertz CT molecular complexity index is 1140. The molecule has 0 atom stereocenters. The molecule has 0 fully saturated rings. The summed E-state index contributed by atoms with van der Waals surface area (Å²) in [5.74, 6) is -0.239. The van der Waals surface area contributed by atoms with Crippen LogP contribution < -0.4 is 0 Å². The van der Waals surface area contributed by atoms with Gasteiger partial charge in [0, 0.05) is 38.2 Å². The molecule has 0 amide bonds. The van der Waals surface area contributed by atoms with Gasteiger partial charge in [-0.3, -0.25) is 4.90 Å². The van der Waals surface area contributed by atoms with Crippen molar-refractivity contribution in [2.75, 3.05) is 19.3 Å². The van der Waals surface area contributed by atoms with Gasteiger partial charge in [0.05, 0.1) is 29.9 Å². The number of fused-ring (bicyclic) bond motifs is 1. The predicted molar refractivity (Wildman–Crippen MR) is 119 cm³/mol. The highest BCUT2D eigenvalue weighted by molar-refractivity contribution is 7.88. The standard InChI is InChI=1S/C23H27FN4O2S/c1-3-27(31(2,29)30)17-22-21-16-26(15-18-9-11-19(24)12-10-18)14-13-23(21)28(25-22)20-7-5-4-6-8-20/h4-12H,3,13-17H2,1-2H3. The summed E-state index contributed by atoms with van der Waals surface area (Å²) in [5.41, 5.74) is 5.02. The number of para-hydroxylation sites is 1. The normalized spacial score (nSPS) is 14.7. The van der Waals surface area contributed by atoms with Crippen molar-refractivity contribution in [3.63, 3.8) is 0 Å². The lowest BCUT2D eigenvalue weighted by Gasteiger charge is -2.28. The summed E-state index contributed by atoms with van der Waals surface area (Å²) in [6.07, 6.45) is 2.04. The number of hydrogen-bond acceptors (Lipinski definition) is 4. The fourth-order valence-electron chi connectivity index (χ4n) is 4.07. The van der Waals surface area contributed by atoms with E-state index >= 15 is 0 Å². The summed E-state index contributed by atoms with van der Waals surface area (Å²) in [6, 6.07) is 16.5. The van der Waals surface area contributed by atoms with Gasteiger partial charge in [0.1, 0.15) is 5.82 Å². The molecule has 0 spiro atoms. The highest BCUT2D eigenvalue weighted by atomic mass is 32.2. The van der Waals surface area contributed by atoms with Crippen LogP contribution in [0.15, 0.2) is 54.6 Å². The number of nitrogens with zero attached hydrogens (tertiary/aromatic N) is 4. The Hall–Kier alpha value is -2.55. The zero-order valence-electron chi connectivity index (χ0n) is 17.8. The van der Waals surface area contributed by atoms with Crippen LogP contribution in [-0.4, -0.2) is 46.7 Å². The first-order valence-electron chi connectivity index (χ1n) is 10.4. The van der Waals surface area contributed by atoms with Crippen LogP contribution in [0.4, 0.5) is 4.39 Å². The Kier molecular flexibility index (Phi) is 6.22. The lowest BCUT2D eigenvalue weighted by atomic mass is 10.0. The van der Waals surface area contributed by atoms with E-state index in [2.05, 4.69) is 4.90 Å². The second-order valence-electron chi connectivity index (χ2n) is 7.90. The molecule has 4 rings (SSSR count). The van der Waals surface area contributed by atoms with Gasteiger partial charge in [0.15, 0.2) is 0 Å². The lowest BCUT2D eigenvalue weighted by molar-refractivity contribution is 0.242. The van der Waals surface area contributed by atoms with Crippen molar-refractivity contribution in [3.05, 3.63) is 82.9 Å². The molecular formula is C23H27FN4O2S. The van der Waals surface area contributed by atoms with Crippen LogP contribution >= 0.6 is 0 Å². The van der Waals surface area contributed by atoms with Crippen LogP contribution in [0.2, 0.25) is 0 Å². The van der Waals surface area contributed by atoms with Crippen LogP contribution in [0.25, 0.3) is 5.69 Å². The van der Waals surface area contributed by atoms with E-state index in [1.807, 2.05) is 54.1 Å². The molecule has 8 heteroatoms. The fourth-order valence-corrected chi connectivity index (χ4v) is 4.89. The number of hydrogen-bond donors (Lipinski definition) is 0. The SMILES string of the molecule is CCN(Cc1nn(-c2ccccc2)c2c1CN(Cc1ccc(F)cc1)CC2)S(C)(=O)=O. The smallest absolute Gasteiger partial charge is 0.211 e. The number of benzene rings is 2. The average Bonchev–Trinajstić information content (AvgIpc) is 3.11. The Labute approximate surface area is 183 Å². The van der Waals surface area contributed by atoms with Crippen molar-refractivity contribution >= 4 is 10.0 Å². The van der Waals surface area contributed by atoms with E-state index < -0.39 is 10.0 Å². The van der Waals surface area contributed by atoms with Crippen molar-refractivity contribution in [1.82, 2.24) is 19.0 Å². The van der Waals surface area contributed by atoms with Gasteiger partial charge in [0.25, 0.3) is 0 Å². The van der Waals surface area contributed by atoms with Gasteiger partial charge in [-0.2, -0.15) is 9.40 Å². The molecule has 2 heterocycles. The van der Waals surface area contributed by atoms with Gasteiger partial charge in [-0.1, -0.05) is 37.3 Å². The molecule has 0 unspecified atom stereocenters. The van der Waals surface area contributed by atoms with Gasteiger partial charge >= 0.3 is 0 Å². The summed E-state index contributed by atoms with van der Waals surface area (Å²) in [7, 11) is -3.33. The summed E-state index contributed by atoms with van der Waals surface area (Å²) in [5, 5.41) is 4.85. The molecule has 0 aliphatic carbocycles. The quantitative estimate of drug-likeness (QED) is 0.563. The molecule has 2 aromatic carbocycles. The molecule has 1 aliphatic heterocycles. The maximum Gasteiger partial charge on any atom is 0.211 e. The Balaban J connectivity index is 1.67. The number of halogens is 1. The molecule has 3 aromatic rings. The molecule has 0 radical (unpaired) electrons. The van der Waals surface area contributed by atoms with Crippen molar-refractivity contribution in [2.45, 2.75) is 33.0 Å². The average molecular weight is 443 g/mol. The second-order valence-corrected chi connectivity index (χ2v) is 9.88. The minimum Gasteiger partial charge on any atom is -0.294 e. The first-order chi connectivity index (χ1) is 14.8. The third-order valence-electron chi connectivity index (χ3n) is 5.69. The lowest BCUT2D eigenvalue weighted by Crippen LogP contribution is -2.32. The van der Waals surface area contributed by atoms with E-state index in [4.69, 9.17) is 5.10 Å². The summed E-state index contributed by atoms with van der Waals surface area (Å²) < 4.78 is 41.0. The Morgan fingerprint density at radius 2 is 1.81 bits per heavy atom. The molecule has 0 N–H and O–H groups in total. The number of aromatic nitrogens is 2. The maximum absolute atomic E-state index is 13.3. The van der Waals surface area contributed by atoms with Gasteiger partial charge in [-0.05, 0) is 29.8 Å². The van der Waals surface area contributed by atoms with Crippen molar-refractivity contribution < 1.29 is 12.8 Å². The van der Waals surface area contributed by atoms with Crippen molar-refractivity contribution in [3.8, 4) is 5.69 Å². The summed E-state index contributed by atoms with van der Waals surface area (Å²) in [4.78, 5) is 2.30. The van der Waals surface area contributed by atoms with Gasteiger partial charge in [-0.15, -0.1) is 0 Å². The largest absolute Gasteiger partial charge is 0.294 e. The van der Waals surface area contributed by atoms with Gasteiger partial charge < -0.3 is 0 Å². The highest BCUT2D eigenvalue weighted by Gasteiger charge is 2.28. The summed E-state index contributed by atoms with van der Waals surface area (Å²) in [6.45, 7) is 4.72. The first kappa shape index (κ1) is 21.7. The number of sulfonamides is 1. The van der Waals surface area contributed by atoms with Crippen LogP contribution in [0.1, 0.15) is 29.4 Å². The first-order valence-corrected chi connectivity index (χ1v) is 12.3. The zero-order chi connectivity index (χ0) is 22.0. The van der Waals surface area contributed by atoms with E-state index in [1.54, 1.807) is 0 Å². The molecule has 164 valence electrons. The second kappa shape index (κ2) is 8.90. The van der Waals surface area contributed by atoms with Crippen molar-refractivity contribution in [2.24, 2.45) is 0 Å². The Morgan fingerprint density at radius 3 is 2.45 bits per heavy atom. The molecule has 0 saturated heterocycles. The molecule has 1 aromatic heterocycles. The van der Waals surface area contributed by atoms with E-state index in [1.165, 1.54) is 22.7 Å². The van der Waals surface area contributed by atoms with E-state index in [0.29, 0.717) is 19.6 Å². The minimum atomic E-state index is -3.33. The van der Waals surface area contributed by atoms with Crippen molar-refractivity contribution in [1.29, 1.82) is 0 Å². The molecule has 6 nitrogen and oxygen atoms in total. The third-order valence-corrected chi connectivity index (χ3v) is 7.01. The predicted octanol–water partition coefficient (Wildman–Crippen LogP) is 3.35. The van der Waals surface area contributed by atoms with Crippen LogP contribution in [0, 0.1) is 5.82 Å². The van der Waals surface area contributed by atoms with Gasteiger partial charge in [0.2, 0.25) is 10.0 Å². The fraction of sp³-hybridized carbons (Fsp3) is 0.348. The van der Waals surface area contributed by atoms with Crippen LogP contribution in [-0.2, 0) is 36.1 Å². The van der Waals surface area contributed by atoms with Crippen LogP contribution in [0.5, 0.6) is 0 Å². The van der Waals surface area contributed by atoms with Crippen LogP contribution in [0.3, 0.4) is 0 Å². The number of rotatable bonds is 7. The highest BCUT2D eigenvalue weighted by Crippen LogP contribution is 2.27. The maximum atomic E-state index is 13.3. The minimum absolute atomic E-state index is 0.239. The molecular weight excluding hydrogens is 415 g/mol. The van der Waals surface area contributed by atoms with Gasteiger partial charge in [-0.25, -0.2) is 17.5 Å². The van der Waals surface area contributed by atoms with E-state index in [-0.39, 0.29) is 12.4 Å². The monoisotopic (exact) mass is 442 g/mol. The zero-order valence-corrected chi connectivity index (χ0v) is 18.6. The van der Waals surface area contributed by atoms with E-state index in [9.17, 15) is 12.8 Å². The van der Waals surface area contributed by atoms with E-state index in [0.717, 1.165) is 41.2 Å². The third kappa shape index (κ3) is 4.87. The molecule has 31 heavy (non-hydrogen) atoms. The topological polar surface area (TPSA) is 58.4 Å². The summed E-state index contributed by atoms with van der Waals surface area (Å²) >= 11 is 0. The molecule has 0 bridgehead atoms. The Morgan fingerprint density at radius 1 is 1.10 bits per heavy atom. The molecule has 1 aliphatic rings.